The SMILES string of the molecule is [2H]c1c([2H])c([2H])c2c(sc3c([2H])c(-c4c5c([2H])c([2H])c([2H])c([2H])c5c(-c5c([2H])c6c([2H])c([2H])c([2H])c([2H])c6c6c([2H])c([2H])c([2H])c([2H])c56)c5c([2H])c([2H])c([2H])c([2H])c45)c([2H])c([2H])c32)c1[2H].[2H]c1cc([2H])c2c([2H])c([2H])c([2H])c([2H])c2c1-c1c2c([2H])c([2H])c([2H])c([2H])c2c(-c2c([2H])c([2H])c3c(sc4c([2H])c([2H])c([2H])c([2H])c43)c2[2H])c2c([2H])c([2H])c([2H])c([2H])c12. The number of rotatable bonds is 4. The van der Waals surface area contributed by atoms with Gasteiger partial charge < -0.3 is 0 Å². The van der Waals surface area contributed by atoms with E-state index in [9.17, 15) is 21.9 Å². The highest BCUT2D eigenvalue weighted by Gasteiger charge is 2.21. The predicted octanol–water partition coefficient (Wildman–Crippen LogP) is 22.8. The first-order valence-corrected chi connectivity index (χ1v) is 24.8. The van der Waals surface area contributed by atoms with Gasteiger partial charge in [-0.15, -0.1) is 22.7 Å². The number of hydrogen-bond acceptors (Lipinski definition) is 2. The first kappa shape index (κ1) is 18.9. The van der Waals surface area contributed by atoms with Gasteiger partial charge in [-0.25, -0.2) is 0 Å². The Kier molecular flexibility index (Phi) is 4.40. The van der Waals surface area contributed by atoms with Crippen LogP contribution in [0.5, 0.6) is 0 Å². The smallest absolute Gasteiger partial charge is 0.0644 e. The predicted molar refractivity (Wildman–Crippen MR) is 343 cm³/mol. The zero-order valence-electron chi connectivity index (χ0n) is 83.9. The number of fused-ring (bicyclic) bond motifs is 14. The summed E-state index contributed by atoms with van der Waals surface area (Å²) in [6.45, 7) is 0. The molecule has 0 aliphatic heterocycles. The molecule has 362 valence electrons. The van der Waals surface area contributed by atoms with Gasteiger partial charge in [-0.05, 0) is 150 Å². The molecule has 0 nitrogen and oxygen atoms in total. The van der Waals surface area contributed by atoms with E-state index in [4.69, 9.17) is 39.8 Å². The Labute approximate surface area is 522 Å². The lowest BCUT2D eigenvalue weighted by Crippen LogP contribution is -1.92. The molecule has 0 spiro atoms. The fraction of sp³-hybridized carbons (Fsp3) is 0. The molecule has 0 saturated heterocycles. The highest BCUT2D eigenvalue weighted by Crippen LogP contribution is 2.49. The second-order valence-corrected chi connectivity index (χ2v) is 19.1. The fourth-order valence-electron chi connectivity index (χ4n) is 9.81. The third kappa shape index (κ3) is 7.04. The first-order valence-electron chi connectivity index (χ1n) is 45.6. The van der Waals surface area contributed by atoms with Gasteiger partial charge in [0, 0.05) is 40.3 Å². The molecule has 0 fully saturated rings. The van der Waals surface area contributed by atoms with Crippen molar-refractivity contribution in [3.05, 3.63) is 278 Å². The van der Waals surface area contributed by atoms with Crippen molar-refractivity contribution in [2.24, 2.45) is 0 Å². The third-order valence-corrected chi connectivity index (χ3v) is 15.1. The van der Waals surface area contributed by atoms with Crippen molar-refractivity contribution < 1.29 is 61.7 Å². The summed E-state index contributed by atoms with van der Waals surface area (Å²) in [5.41, 5.74) is -4.43. The second-order valence-electron chi connectivity index (χ2n) is 17.1. The van der Waals surface area contributed by atoms with Crippen LogP contribution < -0.4 is 0 Å². The molecule has 2 aromatic heterocycles. The van der Waals surface area contributed by atoms with E-state index < -0.39 is 386 Å². The van der Waals surface area contributed by atoms with Crippen LogP contribution in [0.1, 0.15) is 61.7 Å². The van der Waals surface area contributed by atoms with E-state index in [0.717, 1.165) is 6.07 Å². The zero-order chi connectivity index (χ0) is 90.4. The van der Waals surface area contributed by atoms with Gasteiger partial charge in [0.15, 0.2) is 0 Å². The summed E-state index contributed by atoms with van der Waals surface area (Å²) in [5, 5.41) is -8.36. The Morgan fingerprint density at radius 3 is 1.04 bits per heavy atom. The van der Waals surface area contributed by atoms with Crippen molar-refractivity contribution in [1.29, 1.82) is 0 Å². The van der Waals surface area contributed by atoms with Crippen LogP contribution in [-0.4, -0.2) is 0 Å². The molecule has 0 N–H and O–H groups in total. The zero-order valence-corrected chi connectivity index (χ0v) is 40.5. The van der Waals surface area contributed by atoms with Crippen molar-refractivity contribution in [2.75, 3.05) is 0 Å². The molecular weight excluding hydrogens is 977 g/mol. The maximum Gasteiger partial charge on any atom is 0.0644 e. The molecular formula is C76H46S2. The topological polar surface area (TPSA) is 0 Å². The van der Waals surface area contributed by atoms with Crippen molar-refractivity contribution in [2.45, 2.75) is 0 Å². The van der Waals surface area contributed by atoms with Crippen molar-refractivity contribution in [3.63, 3.8) is 0 Å². The molecule has 17 aromatic rings. The second kappa shape index (κ2) is 18.1. The van der Waals surface area contributed by atoms with Crippen LogP contribution in [-0.2, 0) is 0 Å². The number of benzene rings is 15. The van der Waals surface area contributed by atoms with Crippen LogP contribution in [0.2, 0.25) is 0 Å². The molecule has 0 atom stereocenters. The van der Waals surface area contributed by atoms with Crippen LogP contribution in [0.15, 0.2) is 278 Å². The maximum absolute atomic E-state index is 9.74. The van der Waals surface area contributed by atoms with Crippen LogP contribution in [0.25, 0.3) is 160 Å². The lowest BCUT2D eigenvalue weighted by atomic mass is 9.84. The summed E-state index contributed by atoms with van der Waals surface area (Å²) in [6, 6.07) is -33.5. The Morgan fingerprint density at radius 1 is 0.205 bits per heavy atom. The number of thiophene rings is 2. The van der Waals surface area contributed by atoms with E-state index >= 15 is 0 Å². The fourth-order valence-corrected chi connectivity index (χ4v) is 11.7. The van der Waals surface area contributed by atoms with Gasteiger partial charge in [-0.2, -0.15) is 0 Å². The van der Waals surface area contributed by atoms with Crippen molar-refractivity contribution in [3.8, 4) is 44.5 Å². The van der Waals surface area contributed by atoms with Crippen LogP contribution in [0.3, 0.4) is 0 Å². The van der Waals surface area contributed by atoms with E-state index in [2.05, 4.69) is 0 Å². The molecule has 2 heteroatoms. The van der Waals surface area contributed by atoms with Gasteiger partial charge in [-0.3, -0.25) is 0 Å². The summed E-state index contributed by atoms with van der Waals surface area (Å²) in [4.78, 5) is 0. The Balaban J connectivity index is 0.000000183. The highest BCUT2D eigenvalue weighted by molar-refractivity contribution is 7.26. The van der Waals surface area contributed by atoms with Gasteiger partial charge in [0.05, 0.1) is 61.7 Å². The first-order chi connectivity index (χ1) is 57.4. The molecule has 78 heavy (non-hydrogen) atoms. The lowest BCUT2D eigenvalue weighted by Gasteiger charge is -2.19. The van der Waals surface area contributed by atoms with E-state index in [1.165, 1.54) is 0 Å². The lowest BCUT2D eigenvalue weighted by molar-refractivity contribution is 1.69. The largest absolute Gasteiger partial charge is 0.135 e. The molecule has 17 rings (SSSR count). The summed E-state index contributed by atoms with van der Waals surface area (Å²) in [5.74, 6) is 0. The van der Waals surface area contributed by atoms with Gasteiger partial charge in [0.2, 0.25) is 0 Å². The monoisotopic (exact) mass is 1070 g/mol. The highest BCUT2D eigenvalue weighted by atomic mass is 32.1. The normalized spacial score (nSPS) is 19.9. The van der Waals surface area contributed by atoms with Crippen molar-refractivity contribution in [1.82, 2.24) is 0 Å². The molecule has 0 aliphatic rings. The molecule has 0 radical (unpaired) electrons. The molecule has 15 aromatic carbocycles. The molecule has 0 bridgehead atoms. The number of hydrogen-bond donors (Lipinski definition) is 0. The van der Waals surface area contributed by atoms with Crippen molar-refractivity contribution >= 4 is 138 Å². The van der Waals surface area contributed by atoms with E-state index in [0.29, 0.717) is 22.7 Å². The Bertz CT molecular complexity index is 7880. The van der Waals surface area contributed by atoms with E-state index in [1.54, 1.807) is 0 Å². The summed E-state index contributed by atoms with van der Waals surface area (Å²) in [7, 11) is 0. The summed E-state index contributed by atoms with van der Waals surface area (Å²) >= 11 is 1.39. The molecule has 0 saturated carbocycles. The Hall–Kier alpha value is -9.44. The van der Waals surface area contributed by atoms with Crippen LogP contribution >= 0.6 is 22.7 Å². The van der Waals surface area contributed by atoms with Gasteiger partial charge in [-0.1, -0.05) is 248 Å². The maximum atomic E-state index is 9.74. The van der Waals surface area contributed by atoms with E-state index in [-0.39, 0.29) is 45.7 Å². The molecule has 0 amide bonds. The molecule has 0 unspecified atom stereocenters. The third-order valence-electron chi connectivity index (χ3n) is 13.0. The van der Waals surface area contributed by atoms with Crippen LogP contribution in [0.4, 0.5) is 0 Å². The summed E-state index contributed by atoms with van der Waals surface area (Å²) in [6.07, 6.45) is 0. The minimum absolute atomic E-state index is 0.0364. The van der Waals surface area contributed by atoms with Gasteiger partial charge in [0.1, 0.15) is 0 Å². The average Bonchev–Trinajstić information content (AvgIpc) is 1.45. The minimum Gasteiger partial charge on any atom is -0.135 e. The minimum atomic E-state index is -0.933. The van der Waals surface area contributed by atoms with E-state index in [1.807, 2.05) is 0 Å². The average molecular weight is 1070 g/mol. The Morgan fingerprint density at radius 2 is 0.551 bits per heavy atom. The standard InChI is InChI=1S/C40H24S.C36H22S/c1-2-12-27-25(11-1)23-36(29-14-4-3-13-28(27)29)40-34-18-7-5-16-32(34)39(33-17-6-8-19-35(33)40)26-21-22-31-30-15-9-10-20-37(30)41-38(31)24-26;1-2-12-25-23(10-1)11-9-18-28(25)36-31-16-5-3-14-29(31)35(30-15-4-6-17-32(30)36)24-20-21-27-26-13-7-8-19-33(26)37-34(27)22-24/h1-24H;1-22H/i1D,2D,3D,4D,5D,6D,7D,8D,9D,10D,11D,12D,13D,14D,15D,16D,17D,18D,19D,20D,21D,22D,23D,24D;1D,2D,3D,4D,5D,6D,7D,8D,10D,11D,12D,13D,14D,15D,16D,17D,18D,19D,20D,21D,22D. The van der Waals surface area contributed by atoms with Gasteiger partial charge >= 0.3 is 0 Å². The van der Waals surface area contributed by atoms with Gasteiger partial charge in [0.25, 0.3) is 0 Å². The molecule has 0 aliphatic carbocycles. The quantitative estimate of drug-likeness (QED) is 0.122. The summed E-state index contributed by atoms with van der Waals surface area (Å²) < 4.78 is 401. The van der Waals surface area contributed by atoms with Crippen LogP contribution in [0, 0.1) is 0 Å². The molecule has 2 heterocycles.